The van der Waals surface area contributed by atoms with E-state index in [0.717, 1.165) is 0 Å². The Morgan fingerprint density at radius 3 is 2.71 bits per heavy atom. The Kier molecular flexibility index (Phi) is 2.02. The molecule has 14 heavy (non-hydrogen) atoms. The fraction of sp³-hybridized carbons (Fsp3) is 0.364. The molecule has 3 heteroatoms. The van der Waals surface area contributed by atoms with Crippen molar-refractivity contribution in [3.05, 3.63) is 35.6 Å². The average molecular weight is 194 g/mol. The number of benzene rings is 1. The first-order valence-corrected chi connectivity index (χ1v) is 4.59. The summed E-state index contributed by atoms with van der Waals surface area (Å²) >= 11 is 0. The second-order valence-corrected chi connectivity index (χ2v) is 3.68. The Balaban J connectivity index is 2.40. The average Bonchev–Trinajstić information content (AvgIpc) is 2.48. The molecule has 0 aromatic heterocycles. The van der Waals surface area contributed by atoms with Gasteiger partial charge in [0.1, 0.15) is 11.4 Å². The molecular formula is C11H11FO2. The Hall–Kier alpha value is -1.38. The molecule has 1 aromatic carbocycles. The Morgan fingerprint density at radius 2 is 2.14 bits per heavy atom. The van der Waals surface area contributed by atoms with Crippen LogP contribution in [0.1, 0.15) is 25.3 Å². The fourth-order valence-corrected chi connectivity index (χ4v) is 1.77. The van der Waals surface area contributed by atoms with Crippen LogP contribution in [-0.4, -0.2) is 5.97 Å². The molecule has 74 valence electrons. The number of halogens is 1. The van der Waals surface area contributed by atoms with Gasteiger partial charge >= 0.3 is 5.97 Å². The van der Waals surface area contributed by atoms with E-state index in [2.05, 4.69) is 0 Å². The van der Waals surface area contributed by atoms with Crippen LogP contribution in [0, 0.1) is 5.82 Å². The SMILES string of the molecule is CC1(c2ccccc2F)CCC(=O)O1. The largest absolute Gasteiger partial charge is 0.454 e. The molecule has 0 saturated carbocycles. The number of rotatable bonds is 1. The van der Waals surface area contributed by atoms with Gasteiger partial charge in [0.25, 0.3) is 0 Å². The lowest BCUT2D eigenvalue weighted by Crippen LogP contribution is -2.22. The topological polar surface area (TPSA) is 26.3 Å². The molecule has 1 unspecified atom stereocenters. The normalized spacial score (nSPS) is 26.3. The summed E-state index contributed by atoms with van der Waals surface area (Å²) < 4.78 is 18.6. The predicted molar refractivity (Wildman–Crippen MR) is 49.1 cm³/mol. The van der Waals surface area contributed by atoms with Crippen molar-refractivity contribution in [1.82, 2.24) is 0 Å². The maximum atomic E-state index is 13.4. The zero-order chi connectivity index (χ0) is 10.2. The van der Waals surface area contributed by atoms with E-state index >= 15 is 0 Å². The summed E-state index contributed by atoms with van der Waals surface area (Å²) in [5.41, 5.74) is -0.312. The highest BCUT2D eigenvalue weighted by atomic mass is 19.1. The lowest BCUT2D eigenvalue weighted by molar-refractivity contribution is -0.148. The first-order valence-electron chi connectivity index (χ1n) is 4.59. The molecule has 1 atom stereocenters. The van der Waals surface area contributed by atoms with E-state index in [0.29, 0.717) is 18.4 Å². The minimum absolute atomic E-state index is 0.254. The van der Waals surface area contributed by atoms with Gasteiger partial charge in [-0.25, -0.2) is 4.39 Å². The summed E-state index contributed by atoms with van der Waals surface area (Å²) in [5.74, 6) is -0.569. The number of ether oxygens (including phenoxy) is 1. The van der Waals surface area contributed by atoms with Crippen molar-refractivity contribution < 1.29 is 13.9 Å². The zero-order valence-corrected chi connectivity index (χ0v) is 7.92. The number of hydrogen-bond donors (Lipinski definition) is 0. The van der Waals surface area contributed by atoms with E-state index in [4.69, 9.17) is 4.74 Å². The Bertz CT molecular complexity index is 375. The second-order valence-electron chi connectivity index (χ2n) is 3.68. The van der Waals surface area contributed by atoms with Gasteiger partial charge in [-0.1, -0.05) is 18.2 Å². The van der Waals surface area contributed by atoms with Crippen molar-refractivity contribution in [2.24, 2.45) is 0 Å². The van der Waals surface area contributed by atoms with E-state index in [1.54, 1.807) is 25.1 Å². The summed E-state index contributed by atoms with van der Waals surface area (Å²) in [4.78, 5) is 11.0. The smallest absolute Gasteiger partial charge is 0.306 e. The lowest BCUT2D eigenvalue weighted by atomic mass is 9.92. The van der Waals surface area contributed by atoms with Gasteiger partial charge in [0.2, 0.25) is 0 Å². The highest BCUT2D eigenvalue weighted by Crippen LogP contribution is 2.37. The first-order chi connectivity index (χ1) is 6.62. The molecule has 1 aliphatic rings. The van der Waals surface area contributed by atoms with Crippen LogP contribution in [0.15, 0.2) is 24.3 Å². The summed E-state index contributed by atoms with van der Waals surface area (Å²) in [5, 5.41) is 0. The molecule has 0 N–H and O–H groups in total. The number of esters is 1. The van der Waals surface area contributed by atoms with Gasteiger partial charge in [-0.3, -0.25) is 4.79 Å². The minimum Gasteiger partial charge on any atom is -0.454 e. The lowest BCUT2D eigenvalue weighted by Gasteiger charge is -2.23. The standard InChI is InChI=1S/C11H11FO2/c1-11(7-6-10(13)14-11)8-4-2-3-5-9(8)12/h2-5H,6-7H2,1H3. The van der Waals surface area contributed by atoms with Gasteiger partial charge in [-0.05, 0) is 13.0 Å². The van der Waals surface area contributed by atoms with Crippen LogP contribution in [-0.2, 0) is 15.1 Å². The molecule has 1 aliphatic heterocycles. The molecule has 2 nitrogen and oxygen atoms in total. The molecule has 0 aliphatic carbocycles. The van der Waals surface area contributed by atoms with E-state index in [-0.39, 0.29) is 11.8 Å². The first kappa shape index (κ1) is 9.19. The van der Waals surface area contributed by atoms with Gasteiger partial charge in [-0.15, -0.1) is 0 Å². The molecule has 2 rings (SSSR count). The predicted octanol–water partition coefficient (Wildman–Crippen LogP) is 2.38. The monoisotopic (exact) mass is 194 g/mol. The second kappa shape index (κ2) is 3.08. The van der Waals surface area contributed by atoms with Crippen molar-refractivity contribution in [1.29, 1.82) is 0 Å². The molecular weight excluding hydrogens is 183 g/mol. The maximum Gasteiger partial charge on any atom is 0.306 e. The van der Waals surface area contributed by atoms with Crippen LogP contribution in [0.25, 0.3) is 0 Å². The van der Waals surface area contributed by atoms with Crippen LogP contribution in [0.3, 0.4) is 0 Å². The third-order valence-corrected chi connectivity index (χ3v) is 2.59. The number of hydrogen-bond acceptors (Lipinski definition) is 2. The molecule has 0 amide bonds. The molecule has 0 spiro atoms. The third kappa shape index (κ3) is 1.39. The quantitative estimate of drug-likeness (QED) is 0.641. The van der Waals surface area contributed by atoms with Crippen molar-refractivity contribution in [2.75, 3.05) is 0 Å². The molecule has 0 bridgehead atoms. The van der Waals surface area contributed by atoms with Gasteiger partial charge in [0, 0.05) is 18.4 Å². The number of carbonyl (C=O) groups excluding carboxylic acids is 1. The highest BCUT2D eigenvalue weighted by Gasteiger charge is 2.39. The van der Waals surface area contributed by atoms with Crippen molar-refractivity contribution in [3.63, 3.8) is 0 Å². The van der Waals surface area contributed by atoms with Crippen molar-refractivity contribution in [2.45, 2.75) is 25.4 Å². The van der Waals surface area contributed by atoms with Crippen molar-refractivity contribution >= 4 is 5.97 Å². The Labute approximate surface area is 81.7 Å². The van der Waals surface area contributed by atoms with Crippen LogP contribution >= 0.6 is 0 Å². The van der Waals surface area contributed by atoms with E-state index < -0.39 is 5.60 Å². The van der Waals surface area contributed by atoms with Gasteiger partial charge in [0.05, 0.1) is 0 Å². The summed E-state index contributed by atoms with van der Waals surface area (Å²) in [6.45, 7) is 1.75. The van der Waals surface area contributed by atoms with Gasteiger partial charge in [-0.2, -0.15) is 0 Å². The van der Waals surface area contributed by atoms with Crippen LogP contribution in [0.5, 0.6) is 0 Å². The molecule has 0 radical (unpaired) electrons. The van der Waals surface area contributed by atoms with Crippen LogP contribution in [0.4, 0.5) is 4.39 Å². The van der Waals surface area contributed by atoms with E-state index in [1.807, 2.05) is 0 Å². The molecule has 1 aromatic rings. The van der Waals surface area contributed by atoms with Crippen molar-refractivity contribution in [3.8, 4) is 0 Å². The molecule has 1 heterocycles. The summed E-state index contributed by atoms with van der Waals surface area (Å²) in [6.07, 6.45) is 0.914. The maximum absolute atomic E-state index is 13.4. The summed E-state index contributed by atoms with van der Waals surface area (Å²) in [7, 11) is 0. The highest BCUT2D eigenvalue weighted by molar-refractivity contribution is 5.72. The van der Waals surface area contributed by atoms with Crippen LogP contribution < -0.4 is 0 Å². The number of carbonyl (C=O) groups is 1. The summed E-state index contributed by atoms with van der Waals surface area (Å²) in [6, 6.07) is 6.41. The van der Waals surface area contributed by atoms with Gasteiger partial charge < -0.3 is 4.74 Å². The third-order valence-electron chi connectivity index (χ3n) is 2.59. The van der Waals surface area contributed by atoms with E-state index in [9.17, 15) is 9.18 Å². The van der Waals surface area contributed by atoms with Crippen LogP contribution in [0.2, 0.25) is 0 Å². The number of cyclic esters (lactones) is 1. The molecule has 1 saturated heterocycles. The minimum atomic E-state index is -0.775. The van der Waals surface area contributed by atoms with Gasteiger partial charge in [0.15, 0.2) is 0 Å². The fourth-order valence-electron chi connectivity index (χ4n) is 1.77. The Morgan fingerprint density at radius 1 is 1.43 bits per heavy atom. The van der Waals surface area contributed by atoms with E-state index in [1.165, 1.54) is 6.07 Å². The molecule has 1 fully saturated rings. The zero-order valence-electron chi connectivity index (χ0n) is 7.92.